The van der Waals surface area contributed by atoms with Crippen molar-refractivity contribution >= 4 is 17.6 Å². The highest BCUT2D eigenvalue weighted by atomic mass is 19.1. The highest BCUT2D eigenvalue weighted by Crippen LogP contribution is 2.30. The SMILES string of the molecule is CC(C)(C)OC(=O)N1CCN(C#CCc2c(Oc3ccc(N)cc3F)ccnc2N)CC1. The van der Waals surface area contributed by atoms with Crippen molar-refractivity contribution in [3.05, 3.63) is 41.8 Å². The number of carbonyl (C=O) groups excluding carboxylic acids is 1. The lowest BCUT2D eigenvalue weighted by molar-refractivity contribution is 0.0182. The van der Waals surface area contributed by atoms with Gasteiger partial charge in [-0.1, -0.05) is 5.92 Å². The molecule has 1 saturated heterocycles. The Labute approximate surface area is 187 Å². The van der Waals surface area contributed by atoms with Gasteiger partial charge < -0.3 is 30.7 Å². The molecule has 0 radical (unpaired) electrons. The molecule has 1 fully saturated rings. The van der Waals surface area contributed by atoms with Crippen LogP contribution in [-0.4, -0.2) is 52.7 Å². The van der Waals surface area contributed by atoms with Gasteiger partial charge in [-0.05, 0) is 39.0 Å². The molecule has 32 heavy (non-hydrogen) atoms. The van der Waals surface area contributed by atoms with E-state index in [4.69, 9.17) is 20.9 Å². The lowest BCUT2D eigenvalue weighted by atomic mass is 10.1. The molecule has 1 aromatic heterocycles. The summed E-state index contributed by atoms with van der Waals surface area (Å²) < 4.78 is 25.2. The fraction of sp³-hybridized carbons (Fsp3) is 0.391. The first-order valence-corrected chi connectivity index (χ1v) is 10.3. The van der Waals surface area contributed by atoms with Crippen molar-refractivity contribution in [2.45, 2.75) is 32.8 Å². The van der Waals surface area contributed by atoms with E-state index in [1.807, 2.05) is 25.7 Å². The maximum Gasteiger partial charge on any atom is 0.410 e. The maximum absolute atomic E-state index is 14.1. The summed E-state index contributed by atoms with van der Waals surface area (Å²) in [5.41, 5.74) is 12.0. The molecule has 1 aliphatic rings. The molecule has 9 heteroatoms. The van der Waals surface area contributed by atoms with E-state index in [2.05, 4.69) is 16.9 Å². The first kappa shape index (κ1) is 23.0. The summed E-state index contributed by atoms with van der Waals surface area (Å²) >= 11 is 0. The second kappa shape index (κ2) is 9.64. The van der Waals surface area contributed by atoms with Crippen LogP contribution >= 0.6 is 0 Å². The molecular formula is C23H28FN5O3. The Morgan fingerprint density at radius 2 is 1.88 bits per heavy atom. The standard InChI is InChI=1S/C23H28FN5O3/c1-23(2,3)32-22(30)29-13-11-28(12-14-29)10-4-5-17-19(8-9-27-21(17)26)31-20-7-6-16(25)15-18(20)24/h6-9,15H,5,11-14,25H2,1-3H3,(H2,26,27). The molecule has 0 unspecified atom stereocenters. The molecule has 170 valence electrons. The van der Waals surface area contributed by atoms with Gasteiger partial charge in [0.05, 0.1) is 0 Å². The molecule has 3 rings (SSSR count). The Hall–Kier alpha value is -3.67. The average Bonchev–Trinajstić information content (AvgIpc) is 2.71. The minimum atomic E-state index is -0.569. The van der Waals surface area contributed by atoms with E-state index in [9.17, 15) is 9.18 Å². The molecule has 0 saturated carbocycles. The van der Waals surface area contributed by atoms with Gasteiger partial charge in [0.15, 0.2) is 11.6 Å². The lowest BCUT2D eigenvalue weighted by Crippen LogP contribution is -2.48. The number of anilines is 2. The molecule has 2 heterocycles. The molecule has 1 amide bonds. The number of nitrogens with two attached hydrogens (primary N) is 2. The van der Waals surface area contributed by atoms with Crippen LogP contribution < -0.4 is 16.2 Å². The molecule has 0 spiro atoms. The van der Waals surface area contributed by atoms with Crippen LogP contribution in [0.15, 0.2) is 30.5 Å². The highest BCUT2D eigenvalue weighted by molar-refractivity contribution is 5.68. The Kier molecular flexibility index (Phi) is 6.93. The summed E-state index contributed by atoms with van der Waals surface area (Å²) in [6.07, 6.45) is 1.45. The second-order valence-electron chi connectivity index (χ2n) is 8.38. The van der Waals surface area contributed by atoms with E-state index < -0.39 is 11.4 Å². The summed E-state index contributed by atoms with van der Waals surface area (Å²) in [7, 11) is 0. The van der Waals surface area contributed by atoms with E-state index >= 15 is 0 Å². The van der Waals surface area contributed by atoms with Crippen LogP contribution in [0, 0.1) is 17.8 Å². The van der Waals surface area contributed by atoms with Crippen molar-refractivity contribution in [3.8, 4) is 23.5 Å². The van der Waals surface area contributed by atoms with Crippen LogP contribution in [0.3, 0.4) is 0 Å². The van der Waals surface area contributed by atoms with Crippen LogP contribution in [0.2, 0.25) is 0 Å². The second-order valence-corrected chi connectivity index (χ2v) is 8.38. The van der Waals surface area contributed by atoms with Gasteiger partial charge in [0.25, 0.3) is 0 Å². The fourth-order valence-electron chi connectivity index (χ4n) is 3.05. The van der Waals surface area contributed by atoms with Gasteiger partial charge in [0.2, 0.25) is 0 Å². The average molecular weight is 442 g/mol. The molecule has 2 aromatic rings. The number of nitrogens with zero attached hydrogens (tertiary/aromatic N) is 3. The summed E-state index contributed by atoms with van der Waals surface area (Å²) in [6.45, 7) is 7.81. The van der Waals surface area contributed by atoms with E-state index in [1.54, 1.807) is 17.0 Å². The monoisotopic (exact) mass is 441 g/mol. The number of ether oxygens (including phenoxy) is 2. The molecular weight excluding hydrogens is 413 g/mol. The zero-order valence-electron chi connectivity index (χ0n) is 18.5. The predicted molar refractivity (Wildman–Crippen MR) is 120 cm³/mol. The van der Waals surface area contributed by atoms with E-state index in [1.165, 1.54) is 18.3 Å². The summed E-state index contributed by atoms with van der Waals surface area (Å²) in [6, 6.07) is 8.91. The molecule has 1 aromatic carbocycles. The van der Waals surface area contributed by atoms with Gasteiger partial charge in [-0.3, -0.25) is 0 Å². The van der Waals surface area contributed by atoms with Crippen LogP contribution in [0.1, 0.15) is 26.3 Å². The first-order chi connectivity index (χ1) is 15.1. The number of aromatic nitrogens is 1. The number of benzene rings is 1. The smallest absolute Gasteiger partial charge is 0.410 e. The Morgan fingerprint density at radius 3 is 2.53 bits per heavy atom. The molecule has 0 bridgehead atoms. The third kappa shape index (κ3) is 6.17. The number of hydrogen-bond donors (Lipinski definition) is 2. The third-order valence-electron chi connectivity index (χ3n) is 4.66. The number of amides is 1. The quantitative estimate of drug-likeness (QED) is 0.556. The van der Waals surface area contributed by atoms with Gasteiger partial charge in [-0.15, -0.1) is 0 Å². The summed E-state index contributed by atoms with van der Waals surface area (Å²) in [5, 5.41) is 0. The Bertz CT molecular complexity index is 1030. The largest absolute Gasteiger partial charge is 0.454 e. The van der Waals surface area contributed by atoms with E-state index in [0.29, 0.717) is 43.2 Å². The Morgan fingerprint density at radius 1 is 1.16 bits per heavy atom. The summed E-state index contributed by atoms with van der Waals surface area (Å²) in [5.74, 6) is 3.19. The minimum absolute atomic E-state index is 0.0391. The van der Waals surface area contributed by atoms with Crippen molar-refractivity contribution in [2.24, 2.45) is 0 Å². The molecule has 0 atom stereocenters. The van der Waals surface area contributed by atoms with Crippen molar-refractivity contribution in [1.29, 1.82) is 0 Å². The number of pyridine rings is 1. The van der Waals surface area contributed by atoms with Crippen LogP contribution in [0.5, 0.6) is 11.5 Å². The topological polar surface area (TPSA) is 107 Å². The van der Waals surface area contributed by atoms with Gasteiger partial charge in [-0.25, -0.2) is 14.2 Å². The number of rotatable bonds is 3. The van der Waals surface area contributed by atoms with Crippen molar-refractivity contribution in [1.82, 2.24) is 14.8 Å². The first-order valence-electron chi connectivity index (χ1n) is 10.3. The molecule has 0 aliphatic carbocycles. The van der Waals surface area contributed by atoms with Crippen LogP contribution in [0.25, 0.3) is 0 Å². The van der Waals surface area contributed by atoms with Crippen LogP contribution in [0.4, 0.5) is 20.7 Å². The number of nitrogen functional groups attached to an aromatic ring is 2. The predicted octanol–water partition coefficient (Wildman–Crippen LogP) is 3.23. The van der Waals surface area contributed by atoms with Crippen molar-refractivity contribution in [3.63, 3.8) is 0 Å². The summed E-state index contributed by atoms with van der Waals surface area (Å²) in [4.78, 5) is 19.9. The van der Waals surface area contributed by atoms with Gasteiger partial charge in [0, 0.05) is 62.2 Å². The molecule has 4 N–H and O–H groups in total. The Balaban J connectivity index is 1.62. The van der Waals surface area contributed by atoms with E-state index in [-0.39, 0.29) is 24.1 Å². The van der Waals surface area contributed by atoms with Gasteiger partial charge in [-0.2, -0.15) is 0 Å². The number of halogens is 1. The zero-order chi connectivity index (χ0) is 23.3. The number of carbonyl (C=O) groups is 1. The van der Waals surface area contributed by atoms with Gasteiger partial charge >= 0.3 is 6.09 Å². The lowest BCUT2D eigenvalue weighted by Gasteiger charge is -2.33. The normalized spacial score (nSPS) is 13.9. The zero-order valence-corrected chi connectivity index (χ0v) is 18.5. The third-order valence-corrected chi connectivity index (χ3v) is 4.66. The fourth-order valence-corrected chi connectivity index (χ4v) is 3.05. The van der Waals surface area contributed by atoms with Crippen molar-refractivity contribution in [2.75, 3.05) is 37.6 Å². The number of hydrogen-bond acceptors (Lipinski definition) is 7. The molecule has 8 nitrogen and oxygen atoms in total. The maximum atomic E-state index is 14.1. The molecule has 1 aliphatic heterocycles. The van der Waals surface area contributed by atoms with Crippen molar-refractivity contribution < 1.29 is 18.7 Å². The van der Waals surface area contributed by atoms with Crippen LogP contribution in [-0.2, 0) is 11.2 Å². The van der Waals surface area contributed by atoms with E-state index in [0.717, 1.165) is 0 Å². The number of piperazine rings is 1. The van der Waals surface area contributed by atoms with Gasteiger partial charge in [0.1, 0.15) is 17.2 Å². The minimum Gasteiger partial charge on any atom is -0.454 e. The highest BCUT2D eigenvalue weighted by Gasteiger charge is 2.25.